The first-order chi connectivity index (χ1) is 9.22. The smallest absolute Gasteiger partial charge is 0.179 e. The average Bonchev–Trinajstić information content (AvgIpc) is 3.19. The molecular weight excluding hydrogens is 256 g/mol. The van der Waals surface area contributed by atoms with Gasteiger partial charge in [0.15, 0.2) is 9.04 Å². The van der Waals surface area contributed by atoms with E-state index in [0.29, 0.717) is 12.2 Å². The zero-order valence-electron chi connectivity index (χ0n) is 12.8. The predicted octanol–water partition coefficient (Wildman–Crippen LogP) is 3.48. The molecule has 3 nitrogen and oxygen atoms in total. The van der Waals surface area contributed by atoms with E-state index in [2.05, 4.69) is 20.8 Å². The molecule has 0 amide bonds. The van der Waals surface area contributed by atoms with Gasteiger partial charge in [-0.15, -0.1) is 0 Å². The van der Waals surface area contributed by atoms with Crippen LogP contribution in [0, 0.1) is 5.92 Å². The molecule has 4 unspecified atom stereocenters. The summed E-state index contributed by atoms with van der Waals surface area (Å²) in [6.45, 7) is 7.35. The lowest BCUT2D eigenvalue weighted by molar-refractivity contribution is -0.0713. The first-order valence-corrected chi connectivity index (χ1v) is 10.3. The Morgan fingerprint density at radius 3 is 2.68 bits per heavy atom. The van der Waals surface area contributed by atoms with E-state index in [1.165, 1.54) is 44.2 Å². The van der Waals surface area contributed by atoms with Crippen molar-refractivity contribution in [3.05, 3.63) is 0 Å². The molecule has 19 heavy (non-hydrogen) atoms. The van der Waals surface area contributed by atoms with Crippen molar-refractivity contribution in [2.24, 2.45) is 5.92 Å². The summed E-state index contributed by atoms with van der Waals surface area (Å²) in [5.41, 5.74) is 0. The lowest BCUT2D eigenvalue weighted by atomic mass is 9.86. The summed E-state index contributed by atoms with van der Waals surface area (Å²) in [5.74, 6) is 0.872. The van der Waals surface area contributed by atoms with Crippen LogP contribution in [0.4, 0.5) is 0 Å². The summed E-state index contributed by atoms with van der Waals surface area (Å²) in [6, 6.07) is 2.41. The maximum atomic E-state index is 5.96. The number of epoxide rings is 1. The minimum atomic E-state index is -0.974. The van der Waals surface area contributed by atoms with E-state index >= 15 is 0 Å². The molecule has 2 aliphatic rings. The lowest BCUT2D eigenvalue weighted by Gasteiger charge is -2.21. The van der Waals surface area contributed by atoms with Gasteiger partial charge in [0.25, 0.3) is 0 Å². The number of fused-ring (bicyclic) bond motifs is 1. The van der Waals surface area contributed by atoms with E-state index in [4.69, 9.17) is 13.9 Å². The summed E-state index contributed by atoms with van der Waals surface area (Å²) < 4.78 is 17.3. The quantitative estimate of drug-likeness (QED) is 0.281. The molecule has 1 aliphatic carbocycles. The van der Waals surface area contributed by atoms with Crippen molar-refractivity contribution >= 4 is 9.04 Å². The molecular formula is C15H30O3Si. The molecule has 2 rings (SSSR count). The normalized spacial score (nSPS) is 31.3. The average molecular weight is 286 g/mol. The zero-order chi connectivity index (χ0) is 13.7. The minimum Gasteiger partial charge on any atom is -0.396 e. The van der Waals surface area contributed by atoms with Crippen molar-refractivity contribution in [3.63, 3.8) is 0 Å². The summed E-state index contributed by atoms with van der Waals surface area (Å²) in [7, 11) is -0.974. The summed E-state index contributed by atoms with van der Waals surface area (Å²) in [4.78, 5) is 0. The molecule has 1 aliphatic heterocycles. The number of rotatable bonds is 9. The van der Waals surface area contributed by atoms with Gasteiger partial charge in [-0.25, -0.2) is 0 Å². The molecule has 0 bridgehead atoms. The second-order valence-corrected chi connectivity index (χ2v) is 9.20. The highest BCUT2D eigenvalue weighted by Gasteiger charge is 2.43. The second kappa shape index (κ2) is 7.77. The lowest BCUT2D eigenvalue weighted by Crippen LogP contribution is -2.25. The summed E-state index contributed by atoms with van der Waals surface area (Å²) in [6.07, 6.45) is 7.64. The fourth-order valence-electron chi connectivity index (χ4n) is 3.16. The second-order valence-electron chi connectivity index (χ2n) is 6.05. The molecule has 1 saturated carbocycles. The zero-order valence-corrected chi connectivity index (χ0v) is 13.9. The van der Waals surface area contributed by atoms with Gasteiger partial charge < -0.3 is 13.9 Å². The van der Waals surface area contributed by atoms with Crippen LogP contribution >= 0.6 is 0 Å². The highest BCUT2D eigenvalue weighted by Crippen LogP contribution is 2.40. The van der Waals surface area contributed by atoms with Crippen molar-refractivity contribution in [1.29, 1.82) is 0 Å². The monoisotopic (exact) mass is 286 g/mol. The number of hydrogen-bond donors (Lipinski definition) is 0. The van der Waals surface area contributed by atoms with E-state index in [0.717, 1.165) is 12.5 Å². The van der Waals surface area contributed by atoms with Crippen LogP contribution in [0.1, 0.15) is 52.9 Å². The maximum absolute atomic E-state index is 5.96. The topological polar surface area (TPSA) is 31.0 Å². The van der Waals surface area contributed by atoms with Gasteiger partial charge in [0.1, 0.15) is 6.29 Å². The molecule has 0 radical (unpaired) electrons. The molecule has 1 heterocycles. The number of hydrogen-bond acceptors (Lipinski definition) is 3. The Morgan fingerprint density at radius 1 is 1.21 bits per heavy atom. The first-order valence-electron chi connectivity index (χ1n) is 8.15. The Hall–Kier alpha value is 0.0969. The Bertz CT molecular complexity index is 258. The molecule has 0 spiro atoms. The molecule has 0 aromatic carbocycles. The van der Waals surface area contributed by atoms with Gasteiger partial charge in [0.05, 0.1) is 12.2 Å². The van der Waals surface area contributed by atoms with Crippen molar-refractivity contribution in [3.8, 4) is 0 Å². The standard InChI is InChI=1S/C15H30O3Si/c1-4-19(5-2)18-12(3)16-10-6-7-13-8-9-14-15(11-13)17-14/h12-15,19H,4-11H2,1-3H3. The van der Waals surface area contributed by atoms with Crippen LogP contribution in [-0.2, 0) is 13.9 Å². The number of ether oxygens (including phenoxy) is 2. The Labute approximate surface area is 119 Å². The summed E-state index contributed by atoms with van der Waals surface area (Å²) in [5, 5.41) is 0. The third-order valence-electron chi connectivity index (χ3n) is 4.52. The van der Waals surface area contributed by atoms with Crippen LogP contribution in [0.3, 0.4) is 0 Å². The molecule has 4 atom stereocenters. The van der Waals surface area contributed by atoms with Crippen molar-refractivity contribution < 1.29 is 13.9 Å². The van der Waals surface area contributed by atoms with E-state index in [1.54, 1.807) is 0 Å². The van der Waals surface area contributed by atoms with Crippen LogP contribution in [0.15, 0.2) is 0 Å². The van der Waals surface area contributed by atoms with E-state index in [-0.39, 0.29) is 6.29 Å². The fraction of sp³-hybridized carbons (Fsp3) is 1.00. The molecule has 4 heteroatoms. The molecule has 0 aromatic rings. The predicted molar refractivity (Wildman–Crippen MR) is 79.8 cm³/mol. The highest BCUT2D eigenvalue weighted by molar-refractivity contribution is 6.51. The molecule has 1 saturated heterocycles. The van der Waals surface area contributed by atoms with Gasteiger partial charge in [-0.05, 0) is 57.0 Å². The van der Waals surface area contributed by atoms with Crippen LogP contribution < -0.4 is 0 Å². The van der Waals surface area contributed by atoms with E-state index in [9.17, 15) is 0 Å². The third kappa shape index (κ3) is 5.18. The van der Waals surface area contributed by atoms with E-state index in [1.807, 2.05) is 0 Å². The van der Waals surface area contributed by atoms with Crippen molar-refractivity contribution in [2.45, 2.75) is 83.5 Å². The van der Waals surface area contributed by atoms with Crippen molar-refractivity contribution in [1.82, 2.24) is 0 Å². The molecule has 2 fully saturated rings. The van der Waals surface area contributed by atoms with Gasteiger partial charge in [-0.1, -0.05) is 13.8 Å². The van der Waals surface area contributed by atoms with Crippen LogP contribution in [-0.4, -0.2) is 34.1 Å². The van der Waals surface area contributed by atoms with Crippen LogP contribution in [0.5, 0.6) is 0 Å². The Kier molecular flexibility index (Phi) is 6.33. The van der Waals surface area contributed by atoms with Crippen LogP contribution in [0.25, 0.3) is 0 Å². The molecule has 0 aromatic heterocycles. The van der Waals surface area contributed by atoms with Gasteiger partial charge in [0.2, 0.25) is 0 Å². The molecule has 0 N–H and O–H groups in total. The SMILES string of the molecule is CC[SiH](CC)OC(C)OCCCC1CCC2OC2C1. The largest absolute Gasteiger partial charge is 0.396 e. The Balaban J connectivity index is 1.49. The van der Waals surface area contributed by atoms with Gasteiger partial charge in [-0.2, -0.15) is 0 Å². The summed E-state index contributed by atoms with van der Waals surface area (Å²) >= 11 is 0. The maximum Gasteiger partial charge on any atom is 0.179 e. The van der Waals surface area contributed by atoms with Gasteiger partial charge >= 0.3 is 0 Å². The third-order valence-corrected chi connectivity index (χ3v) is 7.11. The highest BCUT2D eigenvalue weighted by atomic mass is 28.3. The first kappa shape index (κ1) is 15.5. The van der Waals surface area contributed by atoms with Crippen LogP contribution in [0.2, 0.25) is 12.1 Å². The van der Waals surface area contributed by atoms with Gasteiger partial charge in [-0.3, -0.25) is 0 Å². The fourth-order valence-corrected chi connectivity index (χ4v) is 4.74. The van der Waals surface area contributed by atoms with Gasteiger partial charge in [0, 0.05) is 6.61 Å². The Morgan fingerprint density at radius 2 is 2.00 bits per heavy atom. The van der Waals surface area contributed by atoms with E-state index < -0.39 is 9.04 Å². The van der Waals surface area contributed by atoms with Crippen molar-refractivity contribution in [2.75, 3.05) is 6.61 Å². The minimum absolute atomic E-state index is 0.000863. The molecule has 112 valence electrons.